The fraction of sp³-hybridized carbons (Fsp3) is 0.400. The van der Waals surface area contributed by atoms with E-state index in [1.54, 1.807) is 6.20 Å². The summed E-state index contributed by atoms with van der Waals surface area (Å²) in [5.74, 6) is 0.832. The number of aryl methyl sites for hydroxylation is 1. The van der Waals surface area contributed by atoms with Crippen LogP contribution in [0.2, 0.25) is 0 Å². The summed E-state index contributed by atoms with van der Waals surface area (Å²) in [5.41, 5.74) is 7.25. The molecule has 2 rings (SSSR count). The quantitative estimate of drug-likeness (QED) is 0.496. The van der Waals surface area contributed by atoms with Gasteiger partial charge in [0, 0.05) is 12.2 Å². The van der Waals surface area contributed by atoms with Crippen molar-refractivity contribution in [1.82, 2.24) is 4.98 Å². The van der Waals surface area contributed by atoms with Crippen LogP contribution in [0.5, 0.6) is 0 Å². The van der Waals surface area contributed by atoms with Crippen LogP contribution in [0.25, 0.3) is 0 Å². The molecule has 0 atom stereocenters. The Kier molecular flexibility index (Phi) is 2.11. The predicted molar refractivity (Wildman–Crippen MR) is 56.6 cm³/mol. The molecular formula is C10H14N4. The molecule has 1 aromatic heterocycles. The summed E-state index contributed by atoms with van der Waals surface area (Å²) < 4.78 is 0. The number of nitrogens with two attached hydrogens (primary N) is 1. The molecule has 0 aromatic carbocycles. The number of rotatable bonds is 3. The second-order valence-corrected chi connectivity index (χ2v) is 3.68. The second kappa shape index (κ2) is 3.29. The summed E-state index contributed by atoms with van der Waals surface area (Å²) in [5, 5.41) is 10.8. The average molecular weight is 190 g/mol. The minimum absolute atomic E-state index is 0.0822. The van der Waals surface area contributed by atoms with E-state index in [-0.39, 0.29) is 5.84 Å². The van der Waals surface area contributed by atoms with Gasteiger partial charge >= 0.3 is 0 Å². The van der Waals surface area contributed by atoms with Crippen LogP contribution in [-0.2, 0) is 0 Å². The number of hydrogen-bond donors (Lipinski definition) is 3. The van der Waals surface area contributed by atoms with Gasteiger partial charge in [0.15, 0.2) is 0 Å². The number of nitrogen functional groups attached to an aromatic ring is 1. The zero-order valence-electron chi connectivity index (χ0n) is 8.17. The van der Waals surface area contributed by atoms with Crippen molar-refractivity contribution in [2.24, 2.45) is 5.73 Å². The van der Waals surface area contributed by atoms with E-state index in [1.165, 1.54) is 12.8 Å². The summed E-state index contributed by atoms with van der Waals surface area (Å²) in [4.78, 5) is 4.21. The number of nitrogens with one attached hydrogen (secondary N) is 2. The van der Waals surface area contributed by atoms with E-state index in [9.17, 15) is 0 Å². The molecule has 1 aromatic rings. The molecule has 0 unspecified atom stereocenters. The lowest BCUT2D eigenvalue weighted by Crippen LogP contribution is -2.17. The zero-order valence-corrected chi connectivity index (χ0v) is 8.17. The predicted octanol–water partition coefficient (Wildman–Crippen LogP) is 1.25. The minimum atomic E-state index is 0.0822. The van der Waals surface area contributed by atoms with Crippen molar-refractivity contribution in [3.63, 3.8) is 0 Å². The van der Waals surface area contributed by atoms with E-state index in [2.05, 4.69) is 10.3 Å². The maximum absolute atomic E-state index is 7.48. The maximum atomic E-state index is 7.48. The zero-order chi connectivity index (χ0) is 10.1. The second-order valence-electron chi connectivity index (χ2n) is 3.68. The first-order valence-electron chi connectivity index (χ1n) is 4.75. The fourth-order valence-corrected chi connectivity index (χ4v) is 1.43. The molecule has 4 heteroatoms. The third-order valence-electron chi connectivity index (χ3n) is 2.35. The van der Waals surface area contributed by atoms with Crippen LogP contribution in [0.15, 0.2) is 12.3 Å². The van der Waals surface area contributed by atoms with Crippen molar-refractivity contribution < 1.29 is 0 Å². The smallest absolute Gasteiger partial charge is 0.137 e. The molecule has 4 nitrogen and oxygen atoms in total. The fourth-order valence-electron chi connectivity index (χ4n) is 1.43. The van der Waals surface area contributed by atoms with Crippen LogP contribution in [-0.4, -0.2) is 16.9 Å². The highest BCUT2D eigenvalue weighted by Crippen LogP contribution is 2.26. The maximum Gasteiger partial charge on any atom is 0.137 e. The summed E-state index contributed by atoms with van der Waals surface area (Å²) >= 11 is 0. The van der Waals surface area contributed by atoms with E-state index in [1.807, 2.05) is 13.0 Å². The Labute approximate surface area is 83.0 Å². The highest BCUT2D eigenvalue weighted by Gasteiger charge is 2.23. The van der Waals surface area contributed by atoms with Crippen LogP contribution >= 0.6 is 0 Å². The van der Waals surface area contributed by atoms with Crippen molar-refractivity contribution in [1.29, 1.82) is 5.41 Å². The summed E-state index contributed by atoms with van der Waals surface area (Å²) in [6.45, 7) is 1.94. The molecule has 0 radical (unpaired) electrons. The average Bonchev–Trinajstić information content (AvgIpc) is 2.87. The Bertz CT molecular complexity index is 368. The lowest BCUT2D eigenvalue weighted by molar-refractivity contribution is 1.10. The Morgan fingerprint density at radius 3 is 2.93 bits per heavy atom. The molecule has 0 spiro atoms. The van der Waals surface area contributed by atoms with E-state index >= 15 is 0 Å². The van der Waals surface area contributed by atoms with Crippen LogP contribution in [0.1, 0.15) is 24.0 Å². The first-order chi connectivity index (χ1) is 6.68. The summed E-state index contributed by atoms with van der Waals surface area (Å²) in [6, 6.07) is 2.40. The molecule has 0 bridgehead atoms. The number of aromatic nitrogens is 1. The van der Waals surface area contributed by atoms with Gasteiger partial charge < -0.3 is 11.1 Å². The lowest BCUT2D eigenvalue weighted by atomic mass is 10.1. The van der Waals surface area contributed by atoms with Gasteiger partial charge in [-0.2, -0.15) is 0 Å². The van der Waals surface area contributed by atoms with Crippen molar-refractivity contribution in [3.8, 4) is 0 Å². The number of nitrogens with zero attached hydrogens (tertiary/aromatic N) is 1. The van der Waals surface area contributed by atoms with Gasteiger partial charge in [-0.15, -0.1) is 0 Å². The van der Waals surface area contributed by atoms with Gasteiger partial charge in [0.1, 0.15) is 11.7 Å². The molecule has 4 N–H and O–H groups in total. The third kappa shape index (κ3) is 1.69. The monoisotopic (exact) mass is 190 g/mol. The van der Waals surface area contributed by atoms with Gasteiger partial charge in [0.25, 0.3) is 0 Å². The largest absolute Gasteiger partial charge is 0.384 e. The third-order valence-corrected chi connectivity index (χ3v) is 2.35. The Morgan fingerprint density at radius 1 is 1.64 bits per heavy atom. The molecule has 0 aliphatic heterocycles. The van der Waals surface area contributed by atoms with Gasteiger partial charge in [-0.25, -0.2) is 4.98 Å². The van der Waals surface area contributed by atoms with E-state index < -0.39 is 0 Å². The molecule has 74 valence electrons. The van der Waals surface area contributed by atoms with Crippen LogP contribution in [0.4, 0.5) is 5.82 Å². The number of amidine groups is 1. The SMILES string of the molecule is Cc1ccnc(NC2CC2)c1C(=N)N. The molecule has 1 aliphatic carbocycles. The molecule has 1 aliphatic rings. The Hall–Kier alpha value is -1.58. The first kappa shape index (κ1) is 8.99. The van der Waals surface area contributed by atoms with Crippen molar-refractivity contribution in [2.45, 2.75) is 25.8 Å². The lowest BCUT2D eigenvalue weighted by Gasteiger charge is -2.11. The van der Waals surface area contributed by atoms with Gasteiger partial charge in [0.05, 0.1) is 5.56 Å². The van der Waals surface area contributed by atoms with E-state index in [4.69, 9.17) is 11.1 Å². The van der Waals surface area contributed by atoms with Crippen molar-refractivity contribution >= 4 is 11.7 Å². The highest BCUT2D eigenvalue weighted by molar-refractivity contribution is 6.00. The number of pyridine rings is 1. The molecule has 0 amide bonds. The molecule has 14 heavy (non-hydrogen) atoms. The van der Waals surface area contributed by atoms with Gasteiger partial charge in [-0.3, -0.25) is 5.41 Å². The van der Waals surface area contributed by atoms with Crippen LogP contribution in [0, 0.1) is 12.3 Å². The van der Waals surface area contributed by atoms with Crippen molar-refractivity contribution in [3.05, 3.63) is 23.4 Å². The van der Waals surface area contributed by atoms with Gasteiger partial charge in [-0.05, 0) is 31.4 Å². The standard InChI is InChI=1S/C10H14N4/c1-6-4-5-13-10(8(6)9(11)12)14-7-2-3-7/h4-5,7H,2-3H2,1H3,(H3,11,12)(H,13,14). The van der Waals surface area contributed by atoms with Gasteiger partial charge in [0.2, 0.25) is 0 Å². The van der Waals surface area contributed by atoms with E-state index in [0.717, 1.165) is 16.9 Å². The molecule has 0 saturated heterocycles. The molecule has 1 fully saturated rings. The molecule has 1 saturated carbocycles. The number of hydrogen-bond acceptors (Lipinski definition) is 3. The molecule has 1 heterocycles. The van der Waals surface area contributed by atoms with Gasteiger partial charge in [-0.1, -0.05) is 0 Å². The Morgan fingerprint density at radius 2 is 2.36 bits per heavy atom. The Balaban J connectivity index is 2.35. The van der Waals surface area contributed by atoms with Crippen molar-refractivity contribution in [2.75, 3.05) is 5.32 Å². The summed E-state index contributed by atoms with van der Waals surface area (Å²) in [6.07, 6.45) is 4.12. The normalized spacial score (nSPS) is 15.2. The topological polar surface area (TPSA) is 74.8 Å². The van der Waals surface area contributed by atoms with Crippen LogP contribution in [0.3, 0.4) is 0 Å². The highest BCUT2D eigenvalue weighted by atomic mass is 15.0. The molecular weight excluding hydrogens is 176 g/mol. The van der Waals surface area contributed by atoms with E-state index in [0.29, 0.717) is 6.04 Å². The summed E-state index contributed by atoms with van der Waals surface area (Å²) in [7, 11) is 0. The first-order valence-corrected chi connectivity index (χ1v) is 4.75. The number of anilines is 1. The van der Waals surface area contributed by atoms with Crippen LogP contribution < -0.4 is 11.1 Å². The minimum Gasteiger partial charge on any atom is -0.384 e.